The molecule has 0 aliphatic carbocycles. The van der Waals surface area contributed by atoms with Crippen LogP contribution in [0, 0.1) is 0 Å². The summed E-state index contributed by atoms with van der Waals surface area (Å²) in [4.78, 5) is 0. The van der Waals surface area contributed by atoms with E-state index in [0.29, 0.717) is 0 Å². The fourth-order valence-electron chi connectivity index (χ4n) is 0.678. The molecule has 1 aliphatic rings. The second-order valence-electron chi connectivity index (χ2n) is 2.09. The van der Waals surface area contributed by atoms with Crippen molar-refractivity contribution in [1.29, 1.82) is 0 Å². The fourth-order valence-corrected chi connectivity index (χ4v) is 0.827. The van der Waals surface area contributed by atoms with Gasteiger partial charge >= 0.3 is 8.25 Å². The molecular weight excluding hydrogens is 202 g/mol. The predicted octanol–water partition coefficient (Wildman–Crippen LogP) is -0.265. The normalized spacial score (nSPS) is 14.9. The predicted molar refractivity (Wildman–Crippen MR) is 53.1 cm³/mol. The van der Waals surface area contributed by atoms with Crippen molar-refractivity contribution in [3.63, 3.8) is 0 Å². The Balaban J connectivity index is 0. The van der Waals surface area contributed by atoms with Gasteiger partial charge in [-0.15, -0.1) is 9.05 Å². The molecule has 0 spiro atoms. The van der Waals surface area contributed by atoms with Crippen LogP contribution in [-0.2, 0) is 13.6 Å². The maximum absolute atomic E-state index is 9.88. The van der Waals surface area contributed by atoms with Gasteiger partial charge in [0.1, 0.15) is 0 Å². The zero-order valence-corrected chi connectivity index (χ0v) is 11.4. The van der Waals surface area contributed by atoms with E-state index in [-0.39, 0.29) is 29.6 Å². The summed E-state index contributed by atoms with van der Waals surface area (Å²) in [5, 5.41) is 6.44. The minimum atomic E-state index is -1.83. The van der Waals surface area contributed by atoms with Crippen molar-refractivity contribution in [3.05, 3.63) is 0 Å². The Hall–Kier alpha value is 0.940. The van der Waals surface area contributed by atoms with Crippen LogP contribution in [0.15, 0.2) is 0 Å². The van der Waals surface area contributed by atoms with Crippen molar-refractivity contribution in [2.45, 2.75) is 0 Å². The van der Waals surface area contributed by atoms with Gasteiger partial charge in [-0.1, -0.05) is 0 Å². The van der Waals surface area contributed by atoms with Gasteiger partial charge in [0.25, 0.3) is 0 Å². The van der Waals surface area contributed by atoms with Gasteiger partial charge in [0.2, 0.25) is 0 Å². The third-order valence-corrected chi connectivity index (χ3v) is 1.85. The van der Waals surface area contributed by atoms with Crippen LogP contribution in [-0.4, -0.2) is 70.0 Å². The zero-order valence-electron chi connectivity index (χ0n) is 8.50. The molecule has 0 bridgehead atoms. The molecule has 0 saturated carbocycles. The first-order chi connectivity index (χ1) is 5.81. The Labute approximate surface area is 102 Å². The summed E-state index contributed by atoms with van der Waals surface area (Å²) in [7, 11) is 0.817. The van der Waals surface area contributed by atoms with E-state index in [1.807, 2.05) is 0 Å². The van der Waals surface area contributed by atoms with Crippen molar-refractivity contribution >= 4 is 37.8 Å². The number of hydrogen-bond donors (Lipinski definition) is 2. The molecule has 13 heavy (non-hydrogen) atoms. The molecule has 1 aliphatic heterocycles. The molecule has 1 heterocycles. The molecule has 0 aromatic carbocycles. The van der Waals surface area contributed by atoms with Gasteiger partial charge < -0.3 is 10.6 Å². The van der Waals surface area contributed by atoms with Crippen molar-refractivity contribution in [3.8, 4) is 0 Å². The second kappa shape index (κ2) is 12.9. The van der Waals surface area contributed by atoms with Gasteiger partial charge in [-0.2, -0.15) is 0 Å². The van der Waals surface area contributed by atoms with Crippen LogP contribution in [0.2, 0.25) is 0 Å². The standard InChI is InChI=1S/C4H10N2.C2H6O3P.Na/c1-2-6-4-3-5-1;1-4-6(3)5-2;/h5-6H,1-4H2;1-2H3;/q;+1;. The summed E-state index contributed by atoms with van der Waals surface area (Å²) in [6.45, 7) is 4.56. The summed E-state index contributed by atoms with van der Waals surface area (Å²) in [5.41, 5.74) is 0. The van der Waals surface area contributed by atoms with E-state index in [1.54, 1.807) is 0 Å². The molecule has 0 atom stereocenters. The van der Waals surface area contributed by atoms with Gasteiger partial charge in [0.15, 0.2) is 0 Å². The average molecular weight is 218 g/mol. The molecule has 5 nitrogen and oxygen atoms in total. The fraction of sp³-hybridized carbons (Fsp3) is 1.00. The average Bonchev–Trinajstić information content (AvgIpc) is 2.20. The van der Waals surface area contributed by atoms with Crippen molar-refractivity contribution in [1.82, 2.24) is 10.6 Å². The van der Waals surface area contributed by atoms with Gasteiger partial charge in [0, 0.05) is 60.3 Å². The van der Waals surface area contributed by atoms with Crippen LogP contribution >= 0.6 is 8.25 Å². The molecule has 1 radical (unpaired) electrons. The van der Waals surface area contributed by atoms with E-state index in [2.05, 4.69) is 19.7 Å². The molecule has 0 unspecified atom stereocenters. The minimum absolute atomic E-state index is 0. The zero-order chi connectivity index (χ0) is 9.23. The van der Waals surface area contributed by atoms with Gasteiger partial charge in [-0.25, -0.2) is 0 Å². The van der Waals surface area contributed by atoms with E-state index in [1.165, 1.54) is 14.2 Å². The summed E-state index contributed by atoms with van der Waals surface area (Å²) in [6.07, 6.45) is 0. The summed E-state index contributed by atoms with van der Waals surface area (Å²) in [6, 6.07) is 0. The topological polar surface area (TPSA) is 59.6 Å². The Morgan fingerprint density at radius 2 is 1.31 bits per heavy atom. The van der Waals surface area contributed by atoms with E-state index in [4.69, 9.17) is 0 Å². The first-order valence-corrected chi connectivity index (χ1v) is 4.87. The van der Waals surface area contributed by atoms with Crippen LogP contribution in [0.1, 0.15) is 0 Å². The van der Waals surface area contributed by atoms with Crippen molar-refractivity contribution in [2.24, 2.45) is 0 Å². The van der Waals surface area contributed by atoms with Gasteiger partial charge in [0.05, 0.1) is 14.2 Å². The number of rotatable bonds is 2. The van der Waals surface area contributed by atoms with E-state index < -0.39 is 8.25 Å². The van der Waals surface area contributed by atoms with Crippen LogP contribution in [0.3, 0.4) is 0 Å². The van der Waals surface area contributed by atoms with Gasteiger partial charge in [-0.3, -0.25) is 0 Å². The first kappa shape index (κ1) is 16.4. The summed E-state index contributed by atoms with van der Waals surface area (Å²) in [5.74, 6) is 0. The third-order valence-electron chi connectivity index (χ3n) is 1.26. The monoisotopic (exact) mass is 218 g/mol. The molecular formula is C6H16N2NaO3P+. The van der Waals surface area contributed by atoms with Crippen LogP contribution in [0.25, 0.3) is 0 Å². The minimum Gasteiger partial charge on any atom is -0.314 e. The first-order valence-electron chi connectivity index (χ1n) is 3.78. The van der Waals surface area contributed by atoms with E-state index >= 15 is 0 Å². The molecule has 2 N–H and O–H groups in total. The summed E-state index contributed by atoms with van der Waals surface area (Å²) >= 11 is 0. The van der Waals surface area contributed by atoms with Gasteiger partial charge in [-0.05, 0) is 0 Å². The van der Waals surface area contributed by atoms with Crippen LogP contribution in [0.4, 0.5) is 0 Å². The molecule has 1 fully saturated rings. The number of hydrogen-bond acceptors (Lipinski definition) is 5. The van der Waals surface area contributed by atoms with Crippen LogP contribution in [0.5, 0.6) is 0 Å². The Kier molecular flexibility index (Phi) is 16.3. The summed E-state index contributed by atoms with van der Waals surface area (Å²) < 4.78 is 18.3. The number of piperazine rings is 1. The Morgan fingerprint density at radius 3 is 1.38 bits per heavy atom. The molecule has 1 saturated heterocycles. The second-order valence-corrected chi connectivity index (χ2v) is 3.27. The van der Waals surface area contributed by atoms with Crippen LogP contribution < -0.4 is 10.6 Å². The largest absolute Gasteiger partial charge is 0.696 e. The third kappa shape index (κ3) is 12.9. The van der Waals surface area contributed by atoms with E-state index in [0.717, 1.165) is 26.2 Å². The van der Waals surface area contributed by atoms with Crippen molar-refractivity contribution < 1.29 is 13.6 Å². The smallest absolute Gasteiger partial charge is 0.314 e. The maximum Gasteiger partial charge on any atom is 0.696 e. The molecule has 1 rings (SSSR count). The van der Waals surface area contributed by atoms with Crippen molar-refractivity contribution in [2.75, 3.05) is 40.4 Å². The Morgan fingerprint density at radius 1 is 1.00 bits per heavy atom. The SMILES string of the molecule is C1CNCCN1.CO[P+](=O)OC.[Na]. The Bertz CT molecular complexity index is 107. The molecule has 7 heteroatoms. The molecule has 0 amide bonds. The molecule has 73 valence electrons. The quantitative estimate of drug-likeness (QED) is 0.493. The maximum atomic E-state index is 9.88. The van der Waals surface area contributed by atoms with E-state index in [9.17, 15) is 4.57 Å². The molecule has 0 aromatic heterocycles. The number of nitrogens with one attached hydrogen (secondary N) is 2. The molecule has 0 aromatic rings.